The maximum Gasteiger partial charge on any atom is 0.269 e. The molecule has 0 saturated carbocycles. The molecule has 0 aliphatic carbocycles. The van der Waals surface area contributed by atoms with E-state index in [1.54, 1.807) is 16.7 Å². The zero-order valence-electron chi connectivity index (χ0n) is 67.1. The van der Waals surface area contributed by atoms with Gasteiger partial charge in [-0.1, -0.05) is 262 Å². The van der Waals surface area contributed by atoms with Crippen molar-refractivity contribution in [3.8, 4) is 50.9 Å². The molecule has 13 aromatic rings. The molecule has 0 fully saturated rings. The molecule has 0 saturated heterocycles. The highest BCUT2D eigenvalue weighted by molar-refractivity contribution is 7.19. The van der Waals surface area contributed by atoms with E-state index in [2.05, 4.69) is 97.5 Å². The summed E-state index contributed by atoms with van der Waals surface area (Å²) in [5.41, 5.74) is 6.37. The number of para-hydroxylation sites is 4. The first-order chi connectivity index (χ1) is 48.4. The van der Waals surface area contributed by atoms with Crippen LogP contribution in [0.15, 0.2) is 261 Å². The Hall–Kier alpha value is -9.36. The van der Waals surface area contributed by atoms with Crippen LogP contribution in [0.4, 0.5) is 0 Å². The van der Waals surface area contributed by atoms with Crippen molar-refractivity contribution in [1.82, 2.24) is 14.1 Å². The summed E-state index contributed by atoms with van der Waals surface area (Å²) < 4.78 is 194. The molecule has 3 aromatic heterocycles. The van der Waals surface area contributed by atoms with Gasteiger partial charge in [-0.2, -0.15) is 0 Å². The van der Waals surface area contributed by atoms with Crippen LogP contribution < -0.4 is 30.1 Å². The van der Waals surface area contributed by atoms with Crippen molar-refractivity contribution in [1.29, 1.82) is 0 Å². The zero-order chi connectivity index (χ0) is 74.5. The van der Waals surface area contributed by atoms with Crippen molar-refractivity contribution < 1.29 is 35.3 Å². The molecule has 0 bridgehead atoms. The van der Waals surface area contributed by atoms with E-state index < -0.39 is 160 Å². The summed E-state index contributed by atoms with van der Waals surface area (Å²) in [7, 11) is -6.24. The molecule has 0 radical (unpaired) electrons. The number of hydrogen-bond donors (Lipinski definition) is 0. The number of fused-ring (bicyclic) bond motifs is 4. The first kappa shape index (κ1) is 36.3. The van der Waals surface area contributed by atoms with Crippen LogP contribution >= 0.6 is 0 Å². The molecular formula is C78H70N4OSi. The number of aromatic nitrogens is 4. The van der Waals surface area contributed by atoms with Gasteiger partial charge in [0.25, 0.3) is 6.33 Å². The Morgan fingerprint density at radius 3 is 1.67 bits per heavy atom. The summed E-state index contributed by atoms with van der Waals surface area (Å²) >= 11 is 0. The summed E-state index contributed by atoms with van der Waals surface area (Å²) in [6, 6.07) is 24.8. The first-order valence-corrected chi connectivity index (χ1v) is 29.8. The molecule has 6 heteroatoms. The van der Waals surface area contributed by atoms with Gasteiger partial charge >= 0.3 is 0 Å². The third-order valence-electron chi connectivity index (χ3n) is 15.5. The number of pyridine rings is 1. The molecule has 0 amide bonds. The fourth-order valence-electron chi connectivity index (χ4n) is 11.1. The van der Waals surface area contributed by atoms with Crippen LogP contribution in [0.5, 0.6) is 11.5 Å². The molecule has 0 aliphatic heterocycles. The minimum absolute atomic E-state index is 0.00109. The highest BCUT2D eigenvalue weighted by Crippen LogP contribution is 2.40. The lowest BCUT2D eigenvalue weighted by atomic mass is 9.78. The van der Waals surface area contributed by atoms with Crippen molar-refractivity contribution in [2.75, 3.05) is 0 Å². The smallest absolute Gasteiger partial charge is 0.269 e. The molecule has 412 valence electrons. The second-order valence-electron chi connectivity index (χ2n) is 24.0. The highest BCUT2D eigenvalue weighted by atomic mass is 28.3. The number of benzene rings is 10. The van der Waals surface area contributed by atoms with Crippen LogP contribution in [-0.4, -0.2) is 22.2 Å². The number of imidazole rings is 1. The predicted octanol–water partition coefficient (Wildman–Crippen LogP) is 16.6. The number of rotatable bonds is 11. The van der Waals surface area contributed by atoms with Crippen LogP contribution in [0.3, 0.4) is 0 Å². The monoisotopic (exact) mass is 1130 g/mol. The Bertz CT molecular complexity index is 5480. The zero-order valence-corrected chi connectivity index (χ0v) is 49.1. The third kappa shape index (κ3) is 9.74. The molecule has 0 unspecified atom stereocenters. The van der Waals surface area contributed by atoms with Crippen LogP contribution in [-0.2, 0) is 16.2 Å². The largest absolute Gasteiger partial charge is 0.458 e. The summed E-state index contributed by atoms with van der Waals surface area (Å²) in [6.07, 6.45) is 5.46. The van der Waals surface area contributed by atoms with Crippen molar-refractivity contribution in [3.63, 3.8) is 0 Å². The molecule has 0 N–H and O–H groups in total. The highest BCUT2D eigenvalue weighted by Gasteiger charge is 2.41. The van der Waals surface area contributed by atoms with Crippen LogP contribution in [0.25, 0.3) is 72.3 Å². The van der Waals surface area contributed by atoms with Gasteiger partial charge in [0.2, 0.25) is 0 Å². The Morgan fingerprint density at radius 1 is 0.464 bits per heavy atom. The van der Waals surface area contributed by atoms with Gasteiger partial charge in [-0.3, -0.25) is 13.7 Å². The quantitative estimate of drug-likeness (QED) is 0.0560. The maximum atomic E-state index is 11.0. The topological polar surface area (TPSA) is 35.9 Å². The molecule has 0 atom stereocenters. The van der Waals surface area contributed by atoms with Gasteiger partial charge in [-0.25, -0.2) is 4.98 Å². The van der Waals surface area contributed by atoms with E-state index in [-0.39, 0.29) is 16.7 Å². The van der Waals surface area contributed by atoms with E-state index in [4.69, 9.17) is 13.8 Å². The average molecular weight is 1130 g/mol. The summed E-state index contributed by atoms with van der Waals surface area (Å²) in [5.74, 6) is 1.73. The Kier molecular flexibility index (Phi) is 9.12. The lowest BCUT2D eigenvalue weighted by Gasteiger charge is -2.34. The molecule has 0 aliphatic rings. The van der Waals surface area contributed by atoms with E-state index in [1.807, 2.05) is 114 Å². The van der Waals surface area contributed by atoms with Crippen LogP contribution in [0.1, 0.15) is 105 Å². The van der Waals surface area contributed by atoms with Crippen LogP contribution in [0, 0.1) is 6.33 Å². The third-order valence-corrected chi connectivity index (χ3v) is 19.5. The molecule has 13 rings (SSSR count). The van der Waals surface area contributed by atoms with E-state index in [1.165, 1.54) is 0 Å². The van der Waals surface area contributed by atoms with E-state index in [9.17, 15) is 21.9 Å². The molecular weight excluding hydrogens is 1040 g/mol. The minimum Gasteiger partial charge on any atom is -0.458 e. The molecule has 5 nitrogen and oxygen atoms in total. The van der Waals surface area contributed by atoms with Crippen molar-refractivity contribution in [2.45, 2.75) is 78.6 Å². The number of nitrogens with zero attached hydrogens (tertiary/aromatic N) is 4. The maximum absolute atomic E-state index is 11.0. The number of ether oxygens (including phenoxy) is 1. The van der Waals surface area contributed by atoms with Gasteiger partial charge in [0.15, 0.2) is 8.07 Å². The van der Waals surface area contributed by atoms with Crippen molar-refractivity contribution in [2.24, 2.45) is 0 Å². The lowest BCUT2D eigenvalue weighted by Crippen LogP contribution is -2.74. The van der Waals surface area contributed by atoms with Gasteiger partial charge in [0.05, 0.1) is 59.5 Å². The average Bonchev–Trinajstić information content (AvgIpc) is 1.18. The van der Waals surface area contributed by atoms with Gasteiger partial charge in [-0.05, 0) is 124 Å². The summed E-state index contributed by atoms with van der Waals surface area (Å²) in [5, 5.41) is -1.66. The fourth-order valence-corrected chi connectivity index (χ4v) is 14.7. The van der Waals surface area contributed by atoms with Gasteiger partial charge in [0.1, 0.15) is 17.3 Å². The van der Waals surface area contributed by atoms with Gasteiger partial charge < -0.3 is 4.74 Å². The SMILES string of the molecule is [2H]c1c([2H])c([2H])c([Si](c2c([2H])c([2H])c([2H])c([2H])c2[2H])(c2c([2H])c([2H])c([2H])c([2H])c2[2H])c2c([2H])c([2H])c([2H])c(-c3cccc(-c4cc(C(C)(C)C)cc(C(C)(C)C)c4)c3-[n+]3[c-]n(-c4cccc(Oc5ccc6c7ccccc7n(-c7cc(C(C)(C)C)ccn7)c6c5)c4)c4ccccc43)c2[2H])c([2H])c1[2H]. The van der Waals surface area contributed by atoms with Gasteiger partial charge in [-0.15, -0.1) is 0 Å². The minimum atomic E-state index is -6.24. The standard InChI is InChI=1S/C78H70N4OSi/c1-76(2,3)56-44-45-79-74(50-56)82-70-39-20-19-36-68(70)69-43-42-61(52-73(69)82)83-60-28-24-27-59(51-60)80-53-81(72-41-22-21-40-71(72)80)75-66(37-25-38-67(75)55-46-57(77(4,5)6)49-58(47-55)78(7,8)9)54-26-23-35-65(48-54)84(62-29-13-10-14-30-62,63-31-15-11-16-32-63)64-33-17-12-18-34-64/h10-52H,1-9H3/i10D,11D,12D,13D,14D,15D,16D,17D,18D,23D,26D,29D,30D,31D,32D,33D,34D,35D,48D. The predicted molar refractivity (Wildman–Crippen MR) is 353 cm³/mol. The number of hydrogen-bond acceptors (Lipinski definition) is 2. The molecule has 3 heterocycles. The Balaban J connectivity index is 1.13. The van der Waals surface area contributed by atoms with Crippen LogP contribution in [0.2, 0.25) is 0 Å². The summed E-state index contributed by atoms with van der Waals surface area (Å²) in [6.45, 7) is 19.0. The second-order valence-corrected chi connectivity index (χ2v) is 27.5. The Labute approximate surface area is 522 Å². The molecule has 10 aromatic carbocycles. The van der Waals surface area contributed by atoms with E-state index in [0.29, 0.717) is 39.3 Å². The normalized spacial score (nSPS) is 15.5. The lowest BCUT2D eigenvalue weighted by molar-refractivity contribution is -0.571. The summed E-state index contributed by atoms with van der Waals surface area (Å²) in [4.78, 5) is 4.87. The molecule has 0 spiro atoms. The van der Waals surface area contributed by atoms with E-state index >= 15 is 0 Å². The van der Waals surface area contributed by atoms with Crippen molar-refractivity contribution >= 4 is 61.7 Å². The first-order valence-electron chi connectivity index (χ1n) is 37.3. The van der Waals surface area contributed by atoms with Crippen molar-refractivity contribution in [3.05, 3.63) is 284 Å². The molecule has 84 heavy (non-hydrogen) atoms. The Morgan fingerprint density at radius 2 is 1.02 bits per heavy atom. The second kappa shape index (κ2) is 21.1. The fraction of sp³-hybridized carbons (Fsp3) is 0.154. The van der Waals surface area contributed by atoms with Gasteiger partial charge in [0, 0.05) is 23.0 Å². The van der Waals surface area contributed by atoms with E-state index in [0.717, 1.165) is 44.3 Å².